The van der Waals surface area contributed by atoms with Gasteiger partial charge in [-0.05, 0) is 34.5 Å². The summed E-state index contributed by atoms with van der Waals surface area (Å²) >= 11 is 0. The highest BCUT2D eigenvalue weighted by atomic mass is 16.6. The maximum Gasteiger partial charge on any atom is 0.293 e. The SMILES string of the molecule is CN(C)C1=NC(c2ccc([N+](=O)[O-])cc2)c2c(ccc3ccccc23)O1. The number of fused-ring (bicyclic) bond motifs is 3. The van der Waals surface area contributed by atoms with Crippen LogP contribution in [0.5, 0.6) is 5.75 Å². The molecule has 26 heavy (non-hydrogen) atoms. The van der Waals surface area contributed by atoms with Crippen LogP contribution in [0.4, 0.5) is 5.69 Å². The van der Waals surface area contributed by atoms with Crippen LogP contribution in [0, 0.1) is 10.1 Å². The minimum atomic E-state index is -0.397. The zero-order valence-electron chi connectivity index (χ0n) is 14.4. The molecule has 1 aliphatic rings. The van der Waals surface area contributed by atoms with Gasteiger partial charge in [0.2, 0.25) is 0 Å². The molecule has 1 heterocycles. The highest BCUT2D eigenvalue weighted by Crippen LogP contribution is 2.41. The van der Waals surface area contributed by atoms with Gasteiger partial charge in [-0.3, -0.25) is 10.1 Å². The summed E-state index contributed by atoms with van der Waals surface area (Å²) in [6.45, 7) is 0. The molecule has 0 fully saturated rings. The largest absolute Gasteiger partial charge is 0.426 e. The number of nitro groups is 1. The topological polar surface area (TPSA) is 68.0 Å². The minimum absolute atomic E-state index is 0.0655. The van der Waals surface area contributed by atoms with Crippen molar-refractivity contribution in [2.45, 2.75) is 6.04 Å². The number of ether oxygens (including phenoxy) is 1. The number of non-ortho nitro benzene ring substituents is 1. The first-order valence-electron chi connectivity index (χ1n) is 8.23. The Morgan fingerprint density at radius 3 is 2.46 bits per heavy atom. The first kappa shape index (κ1) is 16.1. The van der Waals surface area contributed by atoms with E-state index in [0.29, 0.717) is 6.02 Å². The molecule has 0 saturated carbocycles. The van der Waals surface area contributed by atoms with E-state index < -0.39 is 4.92 Å². The summed E-state index contributed by atoms with van der Waals surface area (Å²) in [6.07, 6.45) is 0. The van der Waals surface area contributed by atoms with Crippen LogP contribution >= 0.6 is 0 Å². The van der Waals surface area contributed by atoms with Gasteiger partial charge in [0, 0.05) is 31.8 Å². The summed E-state index contributed by atoms with van der Waals surface area (Å²) in [7, 11) is 3.75. The Morgan fingerprint density at radius 2 is 1.77 bits per heavy atom. The summed E-state index contributed by atoms with van der Waals surface area (Å²) < 4.78 is 5.98. The normalized spacial score (nSPS) is 15.8. The van der Waals surface area contributed by atoms with Gasteiger partial charge in [0.25, 0.3) is 11.7 Å². The van der Waals surface area contributed by atoms with Crippen molar-refractivity contribution in [2.24, 2.45) is 4.99 Å². The lowest BCUT2D eigenvalue weighted by Crippen LogP contribution is -2.31. The van der Waals surface area contributed by atoms with Crippen LogP contribution in [0.3, 0.4) is 0 Å². The zero-order chi connectivity index (χ0) is 18.3. The smallest absolute Gasteiger partial charge is 0.293 e. The predicted octanol–water partition coefficient (Wildman–Crippen LogP) is 4.15. The summed E-state index contributed by atoms with van der Waals surface area (Å²) in [5.41, 5.74) is 1.93. The van der Waals surface area contributed by atoms with Gasteiger partial charge in [-0.1, -0.05) is 30.3 Å². The second-order valence-electron chi connectivity index (χ2n) is 6.36. The van der Waals surface area contributed by atoms with E-state index in [0.717, 1.165) is 27.6 Å². The van der Waals surface area contributed by atoms with Crippen molar-refractivity contribution in [3.05, 3.63) is 81.9 Å². The number of hydrogen-bond donors (Lipinski definition) is 0. The summed E-state index contributed by atoms with van der Waals surface area (Å²) in [6, 6.07) is 18.8. The summed E-state index contributed by atoms with van der Waals surface area (Å²) in [5, 5.41) is 13.1. The van der Waals surface area contributed by atoms with Crippen LogP contribution in [-0.2, 0) is 0 Å². The Bertz CT molecular complexity index is 1030. The molecule has 130 valence electrons. The van der Waals surface area contributed by atoms with Crippen LogP contribution in [0.15, 0.2) is 65.7 Å². The third-order valence-electron chi connectivity index (χ3n) is 4.45. The number of nitrogens with zero attached hydrogens (tertiary/aromatic N) is 3. The molecule has 0 aliphatic carbocycles. The van der Waals surface area contributed by atoms with E-state index in [4.69, 9.17) is 9.73 Å². The van der Waals surface area contributed by atoms with Crippen LogP contribution in [0.1, 0.15) is 17.2 Å². The van der Waals surface area contributed by atoms with Gasteiger partial charge in [-0.2, -0.15) is 0 Å². The van der Waals surface area contributed by atoms with Crippen LogP contribution in [-0.4, -0.2) is 29.9 Å². The number of rotatable bonds is 2. The average molecular weight is 347 g/mol. The van der Waals surface area contributed by atoms with Crippen LogP contribution in [0.2, 0.25) is 0 Å². The standard InChI is InChI=1S/C20H17N3O3/c1-22(2)20-21-19(14-7-10-15(11-8-14)23(24)25)18-16-6-4-3-5-13(16)9-12-17(18)26-20/h3-12,19H,1-2H3. The molecule has 1 atom stereocenters. The van der Waals surface area contributed by atoms with E-state index in [1.54, 1.807) is 12.1 Å². The Kier molecular flexibility index (Phi) is 3.80. The molecule has 0 saturated heterocycles. The van der Waals surface area contributed by atoms with Crippen LogP contribution in [0.25, 0.3) is 10.8 Å². The molecule has 4 rings (SSSR count). The maximum atomic E-state index is 11.0. The monoisotopic (exact) mass is 347 g/mol. The van der Waals surface area contributed by atoms with E-state index in [9.17, 15) is 10.1 Å². The van der Waals surface area contributed by atoms with Crippen LogP contribution < -0.4 is 4.74 Å². The maximum absolute atomic E-state index is 11.0. The highest BCUT2D eigenvalue weighted by molar-refractivity contribution is 5.91. The van der Waals surface area contributed by atoms with Crippen molar-refractivity contribution in [2.75, 3.05) is 14.1 Å². The third kappa shape index (κ3) is 2.65. The predicted molar refractivity (Wildman–Crippen MR) is 101 cm³/mol. The van der Waals surface area contributed by atoms with Gasteiger partial charge in [-0.15, -0.1) is 0 Å². The van der Waals surface area contributed by atoms with E-state index in [1.807, 2.05) is 55.4 Å². The van der Waals surface area contributed by atoms with E-state index in [1.165, 1.54) is 12.1 Å². The second-order valence-corrected chi connectivity index (χ2v) is 6.36. The quantitative estimate of drug-likeness (QED) is 0.516. The average Bonchev–Trinajstić information content (AvgIpc) is 2.67. The Morgan fingerprint density at radius 1 is 1.04 bits per heavy atom. The first-order chi connectivity index (χ1) is 12.5. The lowest BCUT2D eigenvalue weighted by Gasteiger charge is -2.28. The van der Waals surface area contributed by atoms with Gasteiger partial charge in [0.15, 0.2) is 0 Å². The Labute approximate surface area is 150 Å². The van der Waals surface area contributed by atoms with Crippen molar-refractivity contribution in [1.82, 2.24) is 4.90 Å². The fourth-order valence-corrected chi connectivity index (χ4v) is 3.17. The molecule has 1 aliphatic heterocycles. The summed E-state index contributed by atoms with van der Waals surface area (Å²) in [5.74, 6) is 0.755. The van der Waals surface area contributed by atoms with E-state index in [2.05, 4.69) is 0 Å². The number of benzene rings is 3. The third-order valence-corrected chi connectivity index (χ3v) is 4.45. The lowest BCUT2D eigenvalue weighted by atomic mass is 9.92. The number of aliphatic imine (C=N–C) groups is 1. The van der Waals surface area contributed by atoms with Crippen molar-refractivity contribution in [3.63, 3.8) is 0 Å². The molecule has 6 nitrogen and oxygen atoms in total. The van der Waals surface area contributed by atoms with Crippen molar-refractivity contribution < 1.29 is 9.66 Å². The summed E-state index contributed by atoms with van der Waals surface area (Å²) in [4.78, 5) is 17.1. The number of nitro benzene ring substituents is 1. The van der Waals surface area contributed by atoms with Gasteiger partial charge < -0.3 is 9.64 Å². The number of amidine groups is 1. The molecular formula is C20H17N3O3. The molecule has 0 radical (unpaired) electrons. The van der Waals surface area contributed by atoms with Crippen molar-refractivity contribution in [3.8, 4) is 5.75 Å². The minimum Gasteiger partial charge on any atom is -0.426 e. The highest BCUT2D eigenvalue weighted by Gasteiger charge is 2.28. The molecular weight excluding hydrogens is 330 g/mol. The molecule has 6 heteroatoms. The van der Waals surface area contributed by atoms with Crippen molar-refractivity contribution in [1.29, 1.82) is 0 Å². The van der Waals surface area contributed by atoms with Gasteiger partial charge in [-0.25, -0.2) is 4.99 Å². The Balaban J connectivity index is 1.92. The fourth-order valence-electron chi connectivity index (χ4n) is 3.17. The van der Waals surface area contributed by atoms with Gasteiger partial charge >= 0.3 is 0 Å². The van der Waals surface area contributed by atoms with Gasteiger partial charge in [0.05, 0.1) is 4.92 Å². The molecule has 3 aromatic rings. The first-order valence-corrected chi connectivity index (χ1v) is 8.23. The molecule has 0 spiro atoms. The zero-order valence-corrected chi connectivity index (χ0v) is 14.4. The molecule has 0 amide bonds. The molecule has 0 N–H and O–H groups in total. The van der Waals surface area contributed by atoms with E-state index in [-0.39, 0.29) is 11.7 Å². The Hall–Kier alpha value is -3.41. The second kappa shape index (κ2) is 6.15. The number of hydrogen-bond acceptors (Lipinski definition) is 5. The molecule has 3 aromatic carbocycles. The molecule has 0 bridgehead atoms. The molecule has 0 aromatic heterocycles. The van der Waals surface area contributed by atoms with Crippen molar-refractivity contribution >= 4 is 22.5 Å². The van der Waals surface area contributed by atoms with Gasteiger partial charge in [0.1, 0.15) is 11.8 Å². The fraction of sp³-hybridized carbons (Fsp3) is 0.150. The lowest BCUT2D eigenvalue weighted by molar-refractivity contribution is -0.384. The molecule has 1 unspecified atom stereocenters. The van der Waals surface area contributed by atoms with E-state index >= 15 is 0 Å².